The standard InChI is InChI=1S/C20H26N2OS/c1-15(2)17-11-6-7-12-18(17)21-20-22(13-8-14-24-20)19(23)16-9-4-3-5-10-16/h3-4,6-7,11-12,15-16H,5,8-10,13-14H2,1-2H3. The minimum atomic E-state index is 0.124. The van der Waals surface area contributed by atoms with E-state index in [2.05, 4.69) is 44.2 Å². The van der Waals surface area contributed by atoms with E-state index in [1.807, 2.05) is 11.0 Å². The molecule has 4 heteroatoms. The summed E-state index contributed by atoms with van der Waals surface area (Å²) in [5.41, 5.74) is 2.24. The van der Waals surface area contributed by atoms with Crippen molar-refractivity contribution in [2.45, 2.75) is 45.4 Å². The van der Waals surface area contributed by atoms with Crippen LogP contribution in [-0.4, -0.2) is 28.3 Å². The summed E-state index contributed by atoms with van der Waals surface area (Å²) in [6.45, 7) is 5.17. The molecule has 128 valence electrons. The Bertz CT molecular complexity index is 651. The lowest BCUT2D eigenvalue weighted by Gasteiger charge is -2.31. The third kappa shape index (κ3) is 3.92. The van der Waals surface area contributed by atoms with Crippen LogP contribution in [0.4, 0.5) is 5.69 Å². The van der Waals surface area contributed by atoms with E-state index in [-0.39, 0.29) is 11.8 Å². The molecule has 3 rings (SSSR count). The van der Waals surface area contributed by atoms with Crippen molar-refractivity contribution in [2.75, 3.05) is 12.3 Å². The molecule has 1 fully saturated rings. The van der Waals surface area contributed by atoms with Gasteiger partial charge in [-0.25, -0.2) is 4.99 Å². The van der Waals surface area contributed by atoms with E-state index in [0.29, 0.717) is 5.92 Å². The molecule has 0 bridgehead atoms. The Hall–Kier alpha value is -1.55. The van der Waals surface area contributed by atoms with Gasteiger partial charge in [-0.3, -0.25) is 9.69 Å². The van der Waals surface area contributed by atoms with Crippen LogP contribution in [0.15, 0.2) is 41.4 Å². The van der Waals surface area contributed by atoms with Gasteiger partial charge in [-0.1, -0.05) is 56.0 Å². The highest BCUT2D eigenvalue weighted by molar-refractivity contribution is 8.13. The first-order chi connectivity index (χ1) is 11.7. The van der Waals surface area contributed by atoms with Crippen LogP contribution < -0.4 is 0 Å². The van der Waals surface area contributed by atoms with E-state index in [9.17, 15) is 4.79 Å². The zero-order valence-corrected chi connectivity index (χ0v) is 15.4. The monoisotopic (exact) mass is 342 g/mol. The molecule has 3 nitrogen and oxygen atoms in total. The molecule has 0 radical (unpaired) electrons. The number of nitrogens with zero attached hydrogens (tertiary/aromatic N) is 2. The Morgan fingerprint density at radius 3 is 2.88 bits per heavy atom. The fraction of sp³-hybridized carbons (Fsp3) is 0.500. The second-order valence-corrected chi connectivity index (χ2v) is 7.84. The summed E-state index contributed by atoms with van der Waals surface area (Å²) < 4.78 is 0. The van der Waals surface area contributed by atoms with Gasteiger partial charge in [0.05, 0.1) is 5.69 Å². The summed E-state index contributed by atoms with van der Waals surface area (Å²) in [6.07, 6.45) is 8.22. The lowest BCUT2D eigenvalue weighted by molar-refractivity contribution is -0.131. The van der Waals surface area contributed by atoms with Crippen molar-refractivity contribution in [1.29, 1.82) is 0 Å². The van der Waals surface area contributed by atoms with E-state index in [1.54, 1.807) is 11.8 Å². The number of para-hydroxylation sites is 1. The van der Waals surface area contributed by atoms with Crippen LogP contribution >= 0.6 is 11.8 Å². The molecule has 1 aliphatic carbocycles. The Balaban J connectivity index is 1.87. The highest BCUT2D eigenvalue weighted by Crippen LogP contribution is 2.31. The van der Waals surface area contributed by atoms with Gasteiger partial charge in [-0.15, -0.1) is 0 Å². The summed E-state index contributed by atoms with van der Waals surface area (Å²) >= 11 is 1.72. The van der Waals surface area contributed by atoms with E-state index in [1.165, 1.54) is 5.56 Å². The van der Waals surface area contributed by atoms with Crippen LogP contribution in [0, 0.1) is 5.92 Å². The third-order valence-corrected chi connectivity index (χ3v) is 5.71. The topological polar surface area (TPSA) is 32.7 Å². The minimum Gasteiger partial charge on any atom is -0.291 e. The quantitative estimate of drug-likeness (QED) is 0.714. The van der Waals surface area contributed by atoms with Gasteiger partial charge in [0, 0.05) is 18.2 Å². The molecule has 1 aromatic rings. The molecular weight excluding hydrogens is 316 g/mol. The average molecular weight is 343 g/mol. The fourth-order valence-electron chi connectivity index (χ4n) is 3.28. The maximum Gasteiger partial charge on any atom is 0.231 e. The number of hydrogen-bond donors (Lipinski definition) is 0. The average Bonchev–Trinajstić information content (AvgIpc) is 2.62. The molecule has 0 spiro atoms. The van der Waals surface area contributed by atoms with Crippen molar-refractivity contribution < 1.29 is 4.79 Å². The number of allylic oxidation sites excluding steroid dienone is 2. The van der Waals surface area contributed by atoms with Gasteiger partial charge in [0.25, 0.3) is 0 Å². The molecule has 1 saturated heterocycles. The van der Waals surface area contributed by atoms with Crippen LogP contribution in [0.2, 0.25) is 0 Å². The summed E-state index contributed by atoms with van der Waals surface area (Å²) in [6, 6.07) is 8.28. The molecule has 0 N–H and O–H groups in total. The number of amidine groups is 1. The molecule has 2 aliphatic rings. The lowest BCUT2D eigenvalue weighted by Crippen LogP contribution is -2.42. The second-order valence-electron chi connectivity index (χ2n) is 6.78. The Morgan fingerprint density at radius 2 is 2.12 bits per heavy atom. The first-order valence-electron chi connectivity index (χ1n) is 8.93. The molecule has 24 heavy (non-hydrogen) atoms. The number of aliphatic imine (C=N–C) groups is 1. The van der Waals surface area contributed by atoms with Crippen LogP contribution in [0.5, 0.6) is 0 Å². The van der Waals surface area contributed by atoms with E-state index >= 15 is 0 Å². The number of thioether (sulfide) groups is 1. The first kappa shape index (κ1) is 17.3. The summed E-state index contributed by atoms with van der Waals surface area (Å²) in [5.74, 6) is 1.84. The molecule has 1 aromatic carbocycles. The second kappa shape index (κ2) is 8.02. The number of rotatable bonds is 3. The predicted octanol–water partition coefficient (Wildman–Crippen LogP) is 5.12. The molecule has 1 amide bonds. The molecule has 1 atom stereocenters. The maximum absolute atomic E-state index is 13.0. The number of benzene rings is 1. The van der Waals surface area contributed by atoms with Crippen molar-refractivity contribution in [1.82, 2.24) is 4.90 Å². The van der Waals surface area contributed by atoms with E-state index in [0.717, 1.165) is 48.8 Å². The summed E-state index contributed by atoms with van der Waals surface area (Å²) in [5, 5.41) is 0.883. The SMILES string of the molecule is CC(C)c1ccccc1N=C1SCCCN1C(=O)C1CC=CCC1. The maximum atomic E-state index is 13.0. The van der Waals surface area contributed by atoms with Crippen molar-refractivity contribution in [3.8, 4) is 0 Å². The van der Waals surface area contributed by atoms with Crippen LogP contribution in [0.1, 0.15) is 51.0 Å². The minimum absolute atomic E-state index is 0.124. The zero-order chi connectivity index (χ0) is 16.9. The van der Waals surface area contributed by atoms with Crippen molar-refractivity contribution in [3.05, 3.63) is 42.0 Å². The van der Waals surface area contributed by atoms with E-state index in [4.69, 9.17) is 4.99 Å². The van der Waals surface area contributed by atoms with Gasteiger partial charge < -0.3 is 0 Å². The van der Waals surface area contributed by atoms with Crippen molar-refractivity contribution in [3.63, 3.8) is 0 Å². The van der Waals surface area contributed by atoms with Gasteiger partial charge in [-0.05, 0) is 43.2 Å². The largest absolute Gasteiger partial charge is 0.291 e. The molecule has 0 aromatic heterocycles. The predicted molar refractivity (Wildman–Crippen MR) is 103 cm³/mol. The van der Waals surface area contributed by atoms with Crippen molar-refractivity contribution >= 4 is 28.5 Å². The molecule has 1 unspecified atom stereocenters. The normalized spacial score (nSPS) is 23.0. The number of carbonyl (C=O) groups excluding carboxylic acids is 1. The number of carbonyl (C=O) groups is 1. The molecular formula is C20H26N2OS. The molecule has 1 heterocycles. The van der Waals surface area contributed by atoms with Crippen LogP contribution in [0.3, 0.4) is 0 Å². The lowest BCUT2D eigenvalue weighted by atomic mass is 9.93. The highest BCUT2D eigenvalue weighted by Gasteiger charge is 2.29. The Morgan fingerprint density at radius 1 is 1.29 bits per heavy atom. The third-order valence-electron chi connectivity index (χ3n) is 4.65. The van der Waals surface area contributed by atoms with Gasteiger partial charge >= 0.3 is 0 Å². The van der Waals surface area contributed by atoms with E-state index < -0.39 is 0 Å². The fourth-order valence-corrected chi connectivity index (χ4v) is 4.23. The number of hydrogen-bond acceptors (Lipinski definition) is 3. The molecule has 0 saturated carbocycles. The smallest absolute Gasteiger partial charge is 0.231 e. The zero-order valence-electron chi connectivity index (χ0n) is 14.6. The van der Waals surface area contributed by atoms with Gasteiger partial charge in [0.15, 0.2) is 5.17 Å². The van der Waals surface area contributed by atoms with Gasteiger partial charge in [0.1, 0.15) is 0 Å². The molecule has 1 aliphatic heterocycles. The highest BCUT2D eigenvalue weighted by atomic mass is 32.2. The number of amides is 1. The van der Waals surface area contributed by atoms with Gasteiger partial charge in [0.2, 0.25) is 5.91 Å². The van der Waals surface area contributed by atoms with Crippen LogP contribution in [-0.2, 0) is 4.79 Å². The first-order valence-corrected chi connectivity index (χ1v) is 9.92. The Labute approximate surface area is 149 Å². The van der Waals surface area contributed by atoms with Crippen LogP contribution in [0.25, 0.3) is 0 Å². The van der Waals surface area contributed by atoms with Gasteiger partial charge in [-0.2, -0.15) is 0 Å². The summed E-state index contributed by atoms with van der Waals surface area (Å²) in [7, 11) is 0. The Kier molecular flexibility index (Phi) is 5.77. The van der Waals surface area contributed by atoms with Crippen molar-refractivity contribution in [2.24, 2.45) is 10.9 Å². The summed E-state index contributed by atoms with van der Waals surface area (Å²) in [4.78, 5) is 19.8.